The Morgan fingerprint density at radius 2 is 1.88 bits per heavy atom. The van der Waals surface area contributed by atoms with E-state index in [9.17, 15) is 5.11 Å². The van der Waals surface area contributed by atoms with Gasteiger partial charge in [0.15, 0.2) is 0 Å². The fourth-order valence-corrected chi connectivity index (χ4v) is 2.67. The van der Waals surface area contributed by atoms with Gasteiger partial charge in [-0.25, -0.2) is 0 Å². The third-order valence-electron chi connectivity index (χ3n) is 3.70. The maximum absolute atomic E-state index is 9.34. The first-order valence-corrected chi connectivity index (χ1v) is 6.38. The molecule has 0 aliphatic heterocycles. The van der Waals surface area contributed by atoms with Crippen molar-refractivity contribution in [2.45, 2.75) is 38.3 Å². The normalized spacial score (nSPS) is 25.6. The maximum Gasteiger partial charge on any atom is 0.101 e. The Hall–Kier alpha value is -0.860. The smallest absolute Gasteiger partial charge is 0.101 e. The number of aliphatic hydroxyl groups is 1. The summed E-state index contributed by atoms with van der Waals surface area (Å²) < 4.78 is 0. The molecule has 0 saturated heterocycles. The van der Waals surface area contributed by atoms with Gasteiger partial charge in [0.25, 0.3) is 0 Å². The molecule has 1 fully saturated rings. The van der Waals surface area contributed by atoms with Crippen LogP contribution in [0.2, 0.25) is 0 Å². The summed E-state index contributed by atoms with van der Waals surface area (Å²) in [5, 5.41) is 11.8. The molecule has 1 aromatic carbocycles. The summed E-state index contributed by atoms with van der Waals surface area (Å²) in [6, 6.07) is 11.2. The standard InChI is InChI=1S/C14H21NO/c16-11-13-8-4-5-9-14(13)15-10-12-6-2-1-3-7-12/h1-3,6-7,13-16H,4-5,8-11H2/p+1/t13-,14+/m1/s1. The molecule has 88 valence electrons. The topological polar surface area (TPSA) is 36.8 Å². The van der Waals surface area contributed by atoms with E-state index >= 15 is 0 Å². The van der Waals surface area contributed by atoms with Crippen LogP contribution in [-0.4, -0.2) is 17.8 Å². The molecule has 2 heteroatoms. The Balaban J connectivity index is 1.84. The van der Waals surface area contributed by atoms with E-state index in [0.717, 1.165) is 6.54 Å². The average Bonchev–Trinajstić information content (AvgIpc) is 2.38. The molecule has 2 atom stereocenters. The van der Waals surface area contributed by atoms with Crippen molar-refractivity contribution in [2.24, 2.45) is 5.92 Å². The van der Waals surface area contributed by atoms with E-state index < -0.39 is 0 Å². The van der Waals surface area contributed by atoms with Gasteiger partial charge in [0.1, 0.15) is 6.54 Å². The first-order valence-electron chi connectivity index (χ1n) is 6.38. The molecule has 0 bridgehead atoms. The predicted molar refractivity (Wildman–Crippen MR) is 64.9 cm³/mol. The molecule has 0 unspecified atom stereocenters. The van der Waals surface area contributed by atoms with Crippen LogP contribution < -0.4 is 5.32 Å². The molecule has 0 aromatic heterocycles. The van der Waals surface area contributed by atoms with E-state index in [4.69, 9.17) is 0 Å². The molecule has 1 aliphatic rings. The minimum Gasteiger partial charge on any atom is -0.396 e. The maximum atomic E-state index is 9.34. The second-order valence-corrected chi connectivity index (χ2v) is 4.82. The second-order valence-electron chi connectivity index (χ2n) is 4.82. The van der Waals surface area contributed by atoms with Gasteiger partial charge in [0.05, 0.1) is 12.6 Å². The van der Waals surface area contributed by atoms with Crippen molar-refractivity contribution < 1.29 is 10.4 Å². The molecule has 1 aromatic rings. The summed E-state index contributed by atoms with van der Waals surface area (Å²) in [7, 11) is 0. The van der Waals surface area contributed by atoms with Crippen molar-refractivity contribution in [1.82, 2.24) is 0 Å². The van der Waals surface area contributed by atoms with Crippen LogP contribution in [0.5, 0.6) is 0 Å². The number of rotatable bonds is 4. The van der Waals surface area contributed by atoms with Gasteiger partial charge in [-0.1, -0.05) is 36.8 Å². The third kappa shape index (κ3) is 3.06. The molecule has 0 heterocycles. The lowest BCUT2D eigenvalue weighted by atomic mass is 9.85. The Bertz CT molecular complexity index is 299. The van der Waals surface area contributed by atoms with Crippen LogP contribution in [0.3, 0.4) is 0 Å². The summed E-state index contributed by atoms with van der Waals surface area (Å²) >= 11 is 0. The second kappa shape index (κ2) is 6.02. The number of aliphatic hydroxyl groups excluding tert-OH is 1. The largest absolute Gasteiger partial charge is 0.396 e. The lowest BCUT2D eigenvalue weighted by Gasteiger charge is -2.28. The SMILES string of the molecule is OC[C@H]1CCCC[C@@H]1[NH2+]Cc1ccccc1. The van der Waals surface area contributed by atoms with Crippen LogP contribution in [0.25, 0.3) is 0 Å². The lowest BCUT2D eigenvalue weighted by molar-refractivity contribution is -0.713. The van der Waals surface area contributed by atoms with Crippen molar-refractivity contribution in [3.05, 3.63) is 35.9 Å². The molecular formula is C14H22NO+. The van der Waals surface area contributed by atoms with Crippen LogP contribution in [-0.2, 0) is 6.54 Å². The van der Waals surface area contributed by atoms with Gasteiger partial charge in [0, 0.05) is 11.5 Å². The van der Waals surface area contributed by atoms with Crippen LogP contribution in [0.4, 0.5) is 0 Å². The van der Waals surface area contributed by atoms with Gasteiger partial charge in [-0.15, -0.1) is 0 Å². The summed E-state index contributed by atoms with van der Waals surface area (Å²) in [4.78, 5) is 0. The van der Waals surface area contributed by atoms with Crippen molar-refractivity contribution in [1.29, 1.82) is 0 Å². The molecule has 0 amide bonds. The molecule has 16 heavy (non-hydrogen) atoms. The number of benzene rings is 1. The quantitative estimate of drug-likeness (QED) is 0.788. The Morgan fingerprint density at radius 1 is 1.12 bits per heavy atom. The first kappa shape index (κ1) is 11.6. The summed E-state index contributed by atoms with van der Waals surface area (Å²) in [5.74, 6) is 0.512. The van der Waals surface area contributed by atoms with Gasteiger partial charge in [-0.2, -0.15) is 0 Å². The third-order valence-corrected chi connectivity index (χ3v) is 3.70. The molecule has 2 nitrogen and oxygen atoms in total. The van der Waals surface area contributed by atoms with Crippen LogP contribution in [0.15, 0.2) is 30.3 Å². The Labute approximate surface area is 97.7 Å². The van der Waals surface area contributed by atoms with Crippen LogP contribution in [0, 0.1) is 5.92 Å². The van der Waals surface area contributed by atoms with Gasteiger partial charge < -0.3 is 10.4 Å². The number of hydrogen-bond acceptors (Lipinski definition) is 1. The first-order chi connectivity index (χ1) is 7.90. The van der Waals surface area contributed by atoms with E-state index in [2.05, 4.69) is 35.6 Å². The lowest BCUT2D eigenvalue weighted by Crippen LogP contribution is -2.90. The molecule has 2 rings (SSSR count). The molecular weight excluding hydrogens is 198 g/mol. The van der Waals surface area contributed by atoms with Crippen molar-refractivity contribution in [3.8, 4) is 0 Å². The van der Waals surface area contributed by atoms with Crippen LogP contribution in [0.1, 0.15) is 31.2 Å². The summed E-state index contributed by atoms with van der Waals surface area (Å²) in [5.41, 5.74) is 1.38. The molecule has 3 N–H and O–H groups in total. The Kier molecular flexibility index (Phi) is 4.37. The fourth-order valence-electron chi connectivity index (χ4n) is 2.67. The average molecular weight is 220 g/mol. The highest BCUT2D eigenvalue weighted by molar-refractivity contribution is 5.13. The zero-order valence-electron chi connectivity index (χ0n) is 9.81. The van der Waals surface area contributed by atoms with E-state index in [0.29, 0.717) is 18.6 Å². The summed E-state index contributed by atoms with van der Waals surface area (Å²) in [6.45, 7) is 1.40. The fraction of sp³-hybridized carbons (Fsp3) is 0.571. The Morgan fingerprint density at radius 3 is 2.62 bits per heavy atom. The minimum atomic E-state index is 0.357. The predicted octanol–water partition coefficient (Wildman–Crippen LogP) is 1.30. The van der Waals surface area contributed by atoms with Crippen LogP contribution >= 0.6 is 0 Å². The van der Waals surface area contributed by atoms with Crippen molar-refractivity contribution in [3.63, 3.8) is 0 Å². The summed E-state index contributed by atoms with van der Waals surface area (Å²) in [6.07, 6.45) is 5.08. The highest BCUT2D eigenvalue weighted by Gasteiger charge is 2.26. The molecule has 0 spiro atoms. The van der Waals surface area contributed by atoms with Gasteiger partial charge >= 0.3 is 0 Å². The monoisotopic (exact) mass is 220 g/mol. The van der Waals surface area contributed by atoms with E-state index in [1.54, 1.807) is 0 Å². The zero-order valence-corrected chi connectivity index (χ0v) is 9.81. The molecule has 0 radical (unpaired) electrons. The van der Waals surface area contributed by atoms with Gasteiger partial charge in [-0.05, 0) is 19.3 Å². The van der Waals surface area contributed by atoms with Crippen molar-refractivity contribution >= 4 is 0 Å². The molecule has 1 saturated carbocycles. The highest BCUT2D eigenvalue weighted by atomic mass is 16.3. The van der Waals surface area contributed by atoms with E-state index in [1.807, 2.05) is 0 Å². The number of nitrogens with two attached hydrogens (primary N) is 1. The highest BCUT2D eigenvalue weighted by Crippen LogP contribution is 2.21. The van der Waals surface area contributed by atoms with Gasteiger partial charge in [-0.3, -0.25) is 0 Å². The van der Waals surface area contributed by atoms with E-state index in [1.165, 1.54) is 31.2 Å². The minimum absolute atomic E-state index is 0.357. The van der Waals surface area contributed by atoms with Gasteiger partial charge in [0.2, 0.25) is 0 Å². The molecule has 1 aliphatic carbocycles. The zero-order chi connectivity index (χ0) is 11.2. The van der Waals surface area contributed by atoms with E-state index in [-0.39, 0.29) is 0 Å². The van der Waals surface area contributed by atoms with Crippen molar-refractivity contribution in [2.75, 3.05) is 6.61 Å². The number of quaternary nitrogens is 1. The number of hydrogen-bond donors (Lipinski definition) is 2.